The van der Waals surface area contributed by atoms with Gasteiger partial charge in [0.15, 0.2) is 0 Å². The molecule has 0 saturated carbocycles. The van der Waals surface area contributed by atoms with Gasteiger partial charge >= 0.3 is 0 Å². The summed E-state index contributed by atoms with van der Waals surface area (Å²) in [5, 5.41) is 2.98. The van der Waals surface area contributed by atoms with Crippen molar-refractivity contribution < 1.29 is 4.79 Å². The van der Waals surface area contributed by atoms with Crippen LogP contribution in [0.15, 0.2) is 24.3 Å². The molecule has 100 valence electrons. The minimum absolute atomic E-state index is 0.0997. The molecule has 1 aromatic carbocycles. The lowest BCUT2D eigenvalue weighted by Crippen LogP contribution is -2.28. The highest BCUT2D eigenvalue weighted by molar-refractivity contribution is 5.78. The van der Waals surface area contributed by atoms with Gasteiger partial charge in [-0.15, -0.1) is 0 Å². The average molecular weight is 248 g/mol. The van der Waals surface area contributed by atoms with Crippen LogP contribution in [0.25, 0.3) is 0 Å². The Morgan fingerprint density at radius 2 is 2.11 bits per heavy atom. The van der Waals surface area contributed by atoms with E-state index in [0.717, 1.165) is 30.4 Å². The number of benzene rings is 1. The van der Waals surface area contributed by atoms with Crippen LogP contribution in [0.2, 0.25) is 0 Å². The van der Waals surface area contributed by atoms with E-state index >= 15 is 0 Å². The van der Waals surface area contributed by atoms with Crippen LogP contribution in [0.4, 0.5) is 0 Å². The largest absolute Gasteiger partial charge is 0.352 e. The van der Waals surface area contributed by atoms with Crippen LogP contribution in [0.5, 0.6) is 0 Å². The number of hydrogen-bond donors (Lipinski definition) is 2. The van der Waals surface area contributed by atoms with E-state index in [1.807, 2.05) is 31.2 Å². The van der Waals surface area contributed by atoms with Crippen LogP contribution in [0.3, 0.4) is 0 Å². The zero-order valence-corrected chi connectivity index (χ0v) is 11.4. The maximum absolute atomic E-state index is 11.8. The summed E-state index contributed by atoms with van der Waals surface area (Å²) < 4.78 is 0. The van der Waals surface area contributed by atoms with Crippen LogP contribution in [0, 0.1) is 5.92 Å². The van der Waals surface area contributed by atoms with Gasteiger partial charge in [-0.3, -0.25) is 4.79 Å². The van der Waals surface area contributed by atoms with Crippen molar-refractivity contribution in [2.45, 2.75) is 46.2 Å². The fraction of sp³-hybridized carbons (Fsp3) is 0.533. The molecule has 0 aliphatic rings. The Morgan fingerprint density at radius 3 is 2.78 bits per heavy atom. The molecule has 1 rings (SSSR count). The van der Waals surface area contributed by atoms with E-state index in [9.17, 15) is 4.79 Å². The molecule has 18 heavy (non-hydrogen) atoms. The van der Waals surface area contributed by atoms with Crippen LogP contribution < -0.4 is 11.1 Å². The minimum Gasteiger partial charge on any atom is -0.352 e. The highest BCUT2D eigenvalue weighted by Gasteiger charge is 2.11. The SMILES string of the molecule is CCCCC(C)C(=O)NCc1cccc(CN)c1. The lowest BCUT2D eigenvalue weighted by molar-refractivity contribution is -0.124. The van der Waals surface area contributed by atoms with E-state index in [1.54, 1.807) is 0 Å². The number of unbranched alkanes of at least 4 members (excludes halogenated alkanes) is 1. The highest BCUT2D eigenvalue weighted by Crippen LogP contribution is 2.09. The van der Waals surface area contributed by atoms with Gasteiger partial charge in [0.25, 0.3) is 0 Å². The summed E-state index contributed by atoms with van der Waals surface area (Å²) in [5.41, 5.74) is 7.79. The maximum Gasteiger partial charge on any atom is 0.223 e. The lowest BCUT2D eigenvalue weighted by Gasteiger charge is -2.12. The summed E-state index contributed by atoms with van der Waals surface area (Å²) in [6, 6.07) is 8.02. The third-order valence-corrected chi connectivity index (χ3v) is 3.13. The Morgan fingerprint density at radius 1 is 1.39 bits per heavy atom. The number of nitrogens with one attached hydrogen (secondary N) is 1. The summed E-state index contributed by atoms with van der Waals surface area (Å²) in [7, 11) is 0. The van der Waals surface area contributed by atoms with E-state index in [-0.39, 0.29) is 11.8 Å². The molecule has 3 nitrogen and oxygen atoms in total. The fourth-order valence-corrected chi connectivity index (χ4v) is 1.87. The van der Waals surface area contributed by atoms with Crippen LogP contribution in [-0.4, -0.2) is 5.91 Å². The second kappa shape index (κ2) is 7.88. The van der Waals surface area contributed by atoms with Crippen molar-refractivity contribution >= 4 is 5.91 Å². The van der Waals surface area contributed by atoms with Crippen molar-refractivity contribution in [3.8, 4) is 0 Å². The molecule has 1 amide bonds. The molecule has 1 unspecified atom stereocenters. The van der Waals surface area contributed by atoms with Gasteiger partial charge in [0.05, 0.1) is 0 Å². The van der Waals surface area contributed by atoms with Gasteiger partial charge in [0, 0.05) is 19.0 Å². The molecule has 0 saturated heterocycles. The highest BCUT2D eigenvalue weighted by atomic mass is 16.1. The summed E-state index contributed by atoms with van der Waals surface area (Å²) in [4.78, 5) is 11.8. The van der Waals surface area contributed by atoms with Crippen molar-refractivity contribution in [3.63, 3.8) is 0 Å². The number of carbonyl (C=O) groups excluding carboxylic acids is 1. The number of amides is 1. The zero-order valence-electron chi connectivity index (χ0n) is 11.4. The first kappa shape index (κ1) is 14.7. The van der Waals surface area contributed by atoms with Crippen molar-refractivity contribution in [3.05, 3.63) is 35.4 Å². The summed E-state index contributed by atoms with van der Waals surface area (Å²) >= 11 is 0. The molecule has 1 atom stereocenters. The molecule has 0 aliphatic heterocycles. The molecule has 0 aliphatic carbocycles. The predicted octanol–water partition coefficient (Wildman–Crippen LogP) is 2.59. The van der Waals surface area contributed by atoms with Crippen LogP contribution in [-0.2, 0) is 17.9 Å². The van der Waals surface area contributed by atoms with Crippen molar-refractivity contribution in [1.29, 1.82) is 0 Å². The molecular weight excluding hydrogens is 224 g/mol. The van der Waals surface area contributed by atoms with Gasteiger partial charge in [0.2, 0.25) is 5.91 Å². The second-order valence-electron chi connectivity index (χ2n) is 4.79. The quantitative estimate of drug-likeness (QED) is 0.779. The molecule has 3 N–H and O–H groups in total. The van der Waals surface area contributed by atoms with E-state index in [2.05, 4.69) is 12.2 Å². The van der Waals surface area contributed by atoms with E-state index < -0.39 is 0 Å². The summed E-state index contributed by atoms with van der Waals surface area (Å²) in [5.74, 6) is 0.240. The fourth-order valence-electron chi connectivity index (χ4n) is 1.87. The van der Waals surface area contributed by atoms with Gasteiger partial charge in [-0.2, -0.15) is 0 Å². The van der Waals surface area contributed by atoms with E-state index in [0.29, 0.717) is 13.1 Å². The molecule has 0 radical (unpaired) electrons. The maximum atomic E-state index is 11.8. The number of nitrogens with two attached hydrogens (primary N) is 1. The summed E-state index contributed by atoms with van der Waals surface area (Å²) in [6.45, 7) is 5.25. The Labute approximate surface area is 110 Å². The van der Waals surface area contributed by atoms with Crippen LogP contribution >= 0.6 is 0 Å². The molecule has 0 heterocycles. The third-order valence-electron chi connectivity index (χ3n) is 3.13. The third kappa shape index (κ3) is 4.88. The first-order valence-electron chi connectivity index (χ1n) is 6.73. The van der Waals surface area contributed by atoms with Crippen molar-refractivity contribution in [2.24, 2.45) is 11.7 Å². The predicted molar refractivity (Wildman–Crippen MR) is 74.9 cm³/mol. The van der Waals surface area contributed by atoms with Crippen LogP contribution in [0.1, 0.15) is 44.2 Å². The Kier molecular flexibility index (Phi) is 6.44. The van der Waals surface area contributed by atoms with Gasteiger partial charge in [-0.05, 0) is 17.5 Å². The smallest absolute Gasteiger partial charge is 0.223 e. The zero-order chi connectivity index (χ0) is 13.4. The topological polar surface area (TPSA) is 55.1 Å². The number of carbonyl (C=O) groups is 1. The van der Waals surface area contributed by atoms with Gasteiger partial charge in [0.1, 0.15) is 0 Å². The second-order valence-corrected chi connectivity index (χ2v) is 4.79. The molecular formula is C15H24N2O. The molecule has 0 aromatic heterocycles. The lowest BCUT2D eigenvalue weighted by atomic mass is 10.0. The Balaban J connectivity index is 2.41. The number of rotatable bonds is 7. The molecule has 1 aromatic rings. The molecule has 0 bridgehead atoms. The van der Waals surface area contributed by atoms with Gasteiger partial charge in [-0.1, -0.05) is 51.0 Å². The van der Waals surface area contributed by atoms with Gasteiger partial charge < -0.3 is 11.1 Å². The Bertz CT molecular complexity index is 377. The van der Waals surface area contributed by atoms with E-state index in [1.165, 1.54) is 0 Å². The molecule has 0 fully saturated rings. The Hall–Kier alpha value is -1.35. The monoisotopic (exact) mass is 248 g/mol. The number of hydrogen-bond acceptors (Lipinski definition) is 2. The first-order chi connectivity index (χ1) is 8.67. The molecule has 3 heteroatoms. The van der Waals surface area contributed by atoms with E-state index in [4.69, 9.17) is 5.73 Å². The minimum atomic E-state index is 0.0997. The summed E-state index contributed by atoms with van der Waals surface area (Å²) in [6.07, 6.45) is 3.21. The normalized spacial score (nSPS) is 12.2. The van der Waals surface area contributed by atoms with Crippen molar-refractivity contribution in [2.75, 3.05) is 0 Å². The van der Waals surface area contributed by atoms with Crippen molar-refractivity contribution in [1.82, 2.24) is 5.32 Å². The first-order valence-corrected chi connectivity index (χ1v) is 6.73. The molecule has 0 spiro atoms. The standard InChI is InChI=1S/C15H24N2O/c1-3-4-6-12(2)15(18)17-11-14-8-5-7-13(9-14)10-16/h5,7-9,12H,3-4,6,10-11,16H2,1-2H3,(H,17,18). The average Bonchev–Trinajstić information content (AvgIpc) is 2.42. The van der Waals surface area contributed by atoms with Gasteiger partial charge in [-0.25, -0.2) is 0 Å².